The molecule has 5 N–H and O–H groups in total. The van der Waals surface area contributed by atoms with Crippen LogP contribution in [0.15, 0.2) is 48.5 Å². The zero-order valence-electron chi connectivity index (χ0n) is 31.0. The highest BCUT2D eigenvalue weighted by Crippen LogP contribution is 2.40. The van der Waals surface area contributed by atoms with Crippen molar-refractivity contribution in [3.63, 3.8) is 0 Å². The van der Waals surface area contributed by atoms with Crippen molar-refractivity contribution in [2.75, 3.05) is 46.7 Å². The van der Waals surface area contributed by atoms with Gasteiger partial charge >= 0.3 is 18.2 Å². The molecule has 2 aromatic carbocycles. The average Bonchev–Trinajstić information content (AvgIpc) is 4.03. The van der Waals surface area contributed by atoms with Crippen LogP contribution in [-0.4, -0.2) is 68.7 Å². The topological polar surface area (TPSA) is 175 Å². The quantitative estimate of drug-likeness (QED) is 0.0725. The Morgan fingerprint density at radius 3 is 1.68 bits per heavy atom. The number of urea groups is 2. The van der Waals surface area contributed by atoms with Crippen molar-refractivity contribution >= 4 is 105 Å². The first-order chi connectivity index (χ1) is 26.5. The Hall–Kier alpha value is -4.34. The van der Waals surface area contributed by atoms with E-state index in [2.05, 4.69) is 46.5 Å². The number of benzene rings is 2. The van der Waals surface area contributed by atoms with E-state index in [9.17, 15) is 14.4 Å². The van der Waals surface area contributed by atoms with E-state index >= 15 is 0 Å². The molecule has 0 spiro atoms. The fourth-order valence-electron chi connectivity index (χ4n) is 4.92. The number of nitrogens with zero attached hydrogens (tertiary/aromatic N) is 5. The molecule has 4 aromatic rings. The lowest BCUT2D eigenvalue weighted by molar-refractivity contribution is 0.0298. The molecule has 19 heteroatoms. The highest BCUT2D eigenvalue weighted by molar-refractivity contribution is 6.42. The molecular formula is C37H41Cl5N10O4. The third-order valence-electron chi connectivity index (χ3n) is 7.94. The van der Waals surface area contributed by atoms with Gasteiger partial charge in [0, 0.05) is 49.4 Å². The van der Waals surface area contributed by atoms with Crippen LogP contribution < -0.4 is 26.6 Å². The molecule has 2 aliphatic rings. The van der Waals surface area contributed by atoms with Crippen LogP contribution in [0, 0.1) is 0 Å². The molecule has 0 radical (unpaired) electrons. The molecule has 2 aromatic heterocycles. The van der Waals surface area contributed by atoms with Gasteiger partial charge in [0.1, 0.15) is 16.6 Å². The van der Waals surface area contributed by atoms with E-state index in [1.165, 1.54) is 0 Å². The fourth-order valence-corrected chi connectivity index (χ4v) is 5.71. The second kappa shape index (κ2) is 19.2. The van der Waals surface area contributed by atoms with Gasteiger partial charge in [0.05, 0.1) is 31.5 Å². The first-order valence-electron chi connectivity index (χ1n) is 17.7. The Morgan fingerprint density at radius 2 is 1.20 bits per heavy atom. The summed E-state index contributed by atoms with van der Waals surface area (Å²) in [4.78, 5) is 55.2. The molecule has 0 saturated heterocycles. The zero-order valence-corrected chi connectivity index (χ0v) is 34.8. The first kappa shape index (κ1) is 42.8. The van der Waals surface area contributed by atoms with Crippen molar-refractivity contribution in [3.8, 4) is 0 Å². The summed E-state index contributed by atoms with van der Waals surface area (Å²) >= 11 is 29.6. The minimum absolute atomic E-state index is 0.173. The van der Waals surface area contributed by atoms with E-state index in [-0.39, 0.29) is 18.0 Å². The summed E-state index contributed by atoms with van der Waals surface area (Å²) in [6, 6.07) is 12.3. The average molecular weight is 867 g/mol. The second-order valence-electron chi connectivity index (χ2n) is 14.1. The lowest BCUT2D eigenvalue weighted by atomic mass is 10.2. The maximum Gasteiger partial charge on any atom is 0.410 e. The highest BCUT2D eigenvalue weighted by atomic mass is 35.5. The van der Waals surface area contributed by atoms with Crippen LogP contribution in [0.5, 0.6) is 0 Å². The summed E-state index contributed by atoms with van der Waals surface area (Å²) in [5, 5.41) is 15.6. The minimum atomic E-state index is -0.528. The van der Waals surface area contributed by atoms with Crippen LogP contribution >= 0.6 is 58.0 Å². The number of aromatic nitrogens is 4. The largest absolute Gasteiger partial charge is 0.444 e. The molecule has 2 fully saturated rings. The maximum atomic E-state index is 12.4. The molecule has 0 atom stereocenters. The Bertz CT molecular complexity index is 2060. The Morgan fingerprint density at radius 1 is 0.696 bits per heavy atom. The van der Waals surface area contributed by atoms with Gasteiger partial charge in [-0.3, -0.25) is 10.6 Å². The Labute approximate surface area is 349 Å². The van der Waals surface area contributed by atoms with Crippen LogP contribution in [0.3, 0.4) is 0 Å². The van der Waals surface area contributed by atoms with Gasteiger partial charge in [-0.15, -0.1) is 0 Å². The predicted octanol–water partition coefficient (Wildman–Crippen LogP) is 10.9. The van der Waals surface area contributed by atoms with Gasteiger partial charge in [-0.2, -0.15) is 4.98 Å². The zero-order chi connectivity index (χ0) is 40.6. The maximum absolute atomic E-state index is 12.4. The second-order valence-corrected chi connectivity index (χ2v) is 16.1. The van der Waals surface area contributed by atoms with Crippen molar-refractivity contribution in [3.05, 3.63) is 85.2 Å². The summed E-state index contributed by atoms with van der Waals surface area (Å²) in [5.74, 6) is 1.78. The smallest absolute Gasteiger partial charge is 0.410 e. The molecule has 2 saturated carbocycles. The van der Waals surface area contributed by atoms with E-state index in [4.69, 9.17) is 62.7 Å². The Kier molecular flexibility index (Phi) is 14.7. The van der Waals surface area contributed by atoms with Gasteiger partial charge < -0.3 is 25.6 Å². The standard InChI is InChI=1S/C23H30Cl2N6O3.C14H11Cl3N4O/c1-23(2,3)34-22(33)31(4)11-5-10-26-19-13-18(14-6-7-14)28-20(29-19)30-21(32)27-15-8-9-16(24)17(25)12-15;15-9-4-3-8(5-10(9)16)18-14(22)21-13-19-11(7-1-2-7)6-12(17)20-13/h8-9,12-14H,5-7,10-11H2,1-4H3,(H3,26,27,28,29,30,32);3-7H,1-2H2,(H2,18,19,20,21,22). The molecular weight excluding hydrogens is 826 g/mol. The molecule has 5 amide bonds. The highest BCUT2D eigenvalue weighted by Gasteiger charge is 2.27. The third-order valence-corrected chi connectivity index (χ3v) is 9.61. The van der Waals surface area contributed by atoms with Crippen LogP contribution in [0.1, 0.15) is 76.1 Å². The van der Waals surface area contributed by atoms with Crippen molar-refractivity contribution < 1.29 is 19.1 Å². The number of nitrogens with one attached hydrogen (secondary N) is 5. The van der Waals surface area contributed by atoms with Crippen LogP contribution in [0.4, 0.5) is 43.5 Å². The predicted molar refractivity (Wildman–Crippen MR) is 223 cm³/mol. The Balaban J connectivity index is 0.000000234. The molecule has 0 bridgehead atoms. The van der Waals surface area contributed by atoms with Crippen molar-refractivity contribution in [1.29, 1.82) is 0 Å². The number of anilines is 5. The normalized spacial score (nSPS) is 13.4. The van der Waals surface area contributed by atoms with Crippen LogP contribution in [0.25, 0.3) is 0 Å². The molecule has 6 rings (SSSR count). The van der Waals surface area contributed by atoms with E-state index < -0.39 is 17.7 Å². The summed E-state index contributed by atoms with van der Waals surface area (Å²) in [6.07, 6.45) is 4.63. The van der Waals surface area contributed by atoms with Gasteiger partial charge in [-0.1, -0.05) is 58.0 Å². The molecule has 2 aliphatic carbocycles. The van der Waals surface area contributed by atoms with Gasteiger partial charge in [-0.05, 0) is 95.3 Å². The summed E-state index contributed by atoms with van der Waals surface area (Å²) in [7, 11) is 1.71. The number of halogens is 5. The number of carbonyl (C=O) groups excluding carboxylic acids is 3. The molecule has 56 heavy (non-hydrogen) atoms. The molecule has 2 heterocycles. The number of amides is 5. The fraction of sp³-hybridized carbons (Fsp3) is 0.378. The SMILES string of the molecule is CN(CCCNc1cc(C2CC2)nc(NC(=O)Nc2ccc(Cl)c(Cl)c2)n1)C(=O)OC(C)(C)C.O=C(Nc1ccc(Cl)c(Cl)c1)Nc1nc(Cl)cc(C2CC2)n1. The number of hydrogen-bond donors (Lipinski definition) is 5. The first-order valence-corrected chi connectivity index (χ1v) is 19.6. The van der Waals surface area contributed by atoms with Gasteiger partial charge in [0.25, 0.3) is 0 Å². The minimum Gasteiger partial charge on any atom is -0.444 e. The molecule has 0 aliphatic heterocycles. The van der Waals surface area contributed by atoms with Crippen LogP contribution in [-0.2, 0) is 4.74 Å². The van der Waals surface area contributed by atoms with Gasteiger partial charge in [0.15, 0.2) is 0 Å². The monoisotopic (exact) mass is 864 g/mol. The molecule has 0 unspecified atom stereocenters. The molecule has 14 nitrogen and oxygen atoms in total. The van der Waals surface area contributed by atoms with E-state index in [1.807, 2.05) is 26.8 Å². The van der Waals surface area contributed by atoms with Crippen molar-refractivity contribution in [1.82, 2.24) is 24.8 Å². The van der Waals surface area contributed by atoms with Crippen molar-refractivity contribution in [2.24, 2.45) is 0 Å². The van der Waals surface area contributed by atoms with E-state index in [1.54, 1.807) is 54.4 Å². The summed E-state index contributed by atoms with van der Waals surface area (Å²) in [5.41, 5.74) is 2.21. The lowest BCUT2D eigenvalue weighted by Crippen LogP contribution is -2.35. The number of rotatable bonds is 11. The van der Waals surface area contributed by atoms with Gasteiger partial charge in [0.2, 0.25) is 11.9 Å². The van der Waals surface area contributed by atoms with Crippen LogP contribution in [0.2, 0.25) is 25.2 Å². The van der Waals surface area contributed by atoms with E-state index in [0.29, 0.717) is 73.8 Å². The number of ether oxygens (including phenoxy) is 1. The number of hydrogen-bond acceptors (Lipinski definition) is 9. The summed E-state index contributed by atoms with van der Waals surface area (Å²) < 4.78 is 5.36. The van der Waals surface area contributed by atoms with E-state index in [0.717, 1.165) is 37.1 Å². The lowest BCUT2D eigenvalue weighted by Gasteiger charge is -2.24. The van der Waals surface area contributed by atoms with Gasteiger partial charge in [-0.25, -0.2) is 29.3 Å². The third kappa shape index (κ3) is 14.0. The van der Waals surface area contributed by atoms with Crippen molar-refractivity contribution in [2.45, 2.75) is 70.3 Å². The number of carbonyl (C=O) groups is 3. The summed E-state index contributed by atoms with van der Waals surface area (Å²) in [6.45, 7) is 6.62. The molecule has 298 valence electrons.